The van der Waals surface area contributed by atoms with Crippen LogP contribution in [0.25, 0.3) is 0 Å². The van der Waals surface area contributed by atoms with Gasteiger partial charge in [-0.15, -0.1) is 0 Å². The van der Waals surface area contributed by atoms with Gasteiger partial charge in [0.05, 0.1) is 0 Å². The van der Waals surface area contributed by atoms with Crippen molar-refractivity contribution in [1.82, 2.24) is 4.90 Å². The molecule has 6 heteroatoms. The van der Waals surface area contributed by atoms with Crippen LogP contribution in [0.1, 0.15) is 13.8 Å². The molecule has 3 radical (unpaired) electrons. The average Bonchev–Trinajstić information content (AvgIpc) is 2.68. The van der Waals surface area contributed by atoms with Crippen molar-refractivity contribution in [2.45, 2.75) is 19.4 Å². The number of nitrogens with zero attached hydrogens (tertiary/aromatic N) is 2. The Kier molecular flexibility index (Phi) is 9.35. The van der Waals surface area contributed by atoms with Crippen LogP contribution in [-0.2, 0) is 0 Å². The summed E-state index contributed by atoms with van der Waals surface area (Å²) >= 11 is 7.62. The van der Waals surface area contributed by atoms with Crippen LogP contribution in [0.15, 0.2) is 54.6 Å². The summed E-state index contributed by atoms with van der Waals surface area (Å²) in [6.07, 6.45) is 0. The molecule has 2 aromatic carbocycles. The molecule has 145 valence electrons. The van der Waals surface area contributed by atoms with Crippen LogP contribution in [0.4, 0.5) is 5.69 Å². The Morgan fingerprint density at radius 3 is 2.04 bits per heavy atom. The van der Waals surface area contributed by atoms with Gasteiger partial charge in [0, 0.05) is 0 Å². The molecule has 3 rings (SSSR count). The molecular weight excluding hydrogens is 555 g/mol. The van der Waals surface area contributed by atoms with Crippen LogP contribution in [0.5, 0.6) is 5.75 Å². The van der Waals surface area contributed by atoms with E-state index in [1.54, 1.807) is 13.8 Å². The first-order valence-electron chi connectivity index (χ1n) is 9.16. The van der Waals surface area contributed by atoms with E-state index in [1.807, 2.05) is 54.6 Å². The van der Waals surface area contributed by atoms with Gasteiger partial charge in [0.2, 0.25) is 0 Å². The minimum atomic E-state index is -0.842. The second kappa shape index (κ2) is 11.2. The second-order valence-electron chi connectivity index (χ2n) is 7.13. The van der Waals surface area contributed by atoms with Crippen molar-refractivity contribution in [2.24, 2.45) is 0 Å². The van der Waals surface area contributed by atoms with Crippen molar-refractivity contribution in [2.75, 3.05) is 41.8 Å². The fourth-order valence-corrected chi connectivity index (χ4v) is 4.14. The Hall–Kier alpha value is -0.828. The maximum Gasteiger partial charge on any atom is -0.0623 e. The number of piperazine rings is 1. The van der Waals surface area contributed by atoms with E-state index in [-0.39, 0.29) is 6.61 Å². The molecule has 1 N–H and O–H groups in total. The monoisotopic (exact) mass is 583 g/mol. The van der Waals surface area contributed by atoms with Gasteiger partial charge in [0.25, 0.3) is 0 Å². The summed E-state index contributed by atoms with van der Waals surface area (Å²) in [7, 11) is 0. The molecule has 1 aliphatic rings. The Bertz CT molecular complexity index is 645. The number of anilines is 1. The minimum Gasteiger partial charge on any atom is -0.0623 e. The fraction of sp³-hybridized carbons (Fsp3) is 0.429. The van der Waals surface area contributed by atoms with Gasteiger partial charge < -0.3 is 5.11 Å². The molecule has 0 bridgehead atoms. The molecule has 0 aliphatic carbocycles. The van der Waals surface area contributed by atoms with E-state index >= 15 is 0 Å². The summed E-state index contributed by atoms with van der Waals surface area (Å²) < 4.78 is 6.81. The predicted molar refractivity (Wildman–Crippen MR) is 114 cm³/mol. The van der Waals surface area contributed by atoms with E-state index in [0.29, 0.717) is 10.8 Å². The van der Waals surface area contributed by atoms with Crippen molar-refractivity contribution in [3.05, 3.63) is 59.6 Å². The zero-order valence-electron chi connectivity index (χ0n) is 16.1. The predicted octanol–water partition coefficient (Wildman–Crippen LogP) is 3.42. The standard InChI is InChI=1S/C15H22ClN2O2.C6H6.Pb/c1-15(2,19)11-20-12-4-5-14(13(16)10-12)18-8-6-17(3)7-9-18;1-2-4-6-5-3-1;/h4-5,10,19H,3,6-9,11H2,1-2H3;1-6H;. The molecule has 2 aromatic rings. The Morgan fingerprint density at radius 1 is 1.04 bits per heavy atom. The van der Waals surface area contributed by atoms with Gasteiger partial charge in [-0.25, -0.2) is 0 Å². The molecule has 1 saturated heterocycles. The van der Waals surface area contributed by atoms with E-state index in [4.69, 9.17) is 16.3 Å². The normalized spacial score (nSPS) is 15.1. The van der Waals surface area contributed by atoms with Crippen LogP contribution in [-0.4, -0.2) is 78.3 Å². The summed E-state index contributed by atoms with van der Waals surface area (Å²) in [6, 6.07) is 17.8. The number of rotatable bonds is 5. The van der Waals surface area contributed by atoms with Crippen molar-refractivity contribution in [3.8, 4) is 5.75 Å². The SMILES string of the molecule is CC(C)(O)COc1ccc(N2CCN([CH2][Pb])CC2)c(Cl)c1.c1ccccc1. The molecule has 0 atom stereocenters. The summed E-state index contributed by atoms with van der Waals surface area (Å²) in [5, 5.41) is 10.4. The van der Waals surface area contributed by atoms with Crippen LogP contribution in [0, 0.1) is 0 Å². The van der Waals surface area contributed by atoms with Gasteiger partial charge >= 0.3 is 129 Å². The number of benzene rings is 2. The van der Waals surface area contributed by atoms with Crippen LogP contribution in [0.3, 0.4) is 0 Å². The Morgan fingerprint density at radius 2 is 1.59 bits per heavy atom. The molecule has 1 aliphatic heterocycles. The quantitative estimate of drug-likeness (QED) is 0.548. The zero-order valence-corrected chi connectivity index (χ0v) is 20.7. The third kappa shape index (κ3) is 8.38. The summed E-state index contributed by atoms with van der Waals surface area (Å²) in [5.41, 5.74) is 0.227. The van der Waals surface area contributed by atoms with Gasteiger partial charge in [0.1, 0.15) is 0 Å². The van der Waals surface area contributed by atoms with Gasteiger partial charge in [0.15, 0.2) is 0 Å². The third-order valence-corrected chi connectivity index (χ3v) is 6.16. The van der Waals surface area contributed by atoms with Gasteiger partial charge in [-0.2, -0.15) is 0 Å². The largest absolute Gasteiger partial charge is 0.0623 e. The molecule has 0 saturated carbocycles. The van der Waals surface area contributed by atoms with E-state index in [0.717, 1.165) is 31.9 Å². The van der Waals surface area contributed by atoms with Crippen LogP contribution in [0.2, 0.25) is 5.02 Å². The van der Waals surface area contributed by atoms with Crippen molar-refractivity contribution in [1.29, 1.82) is 0 Å². The average molecular weight is 583 g/mol. The maximum atomic E-state index is 9.69. The van der Waals surface area contributed by atoms with Crippen molar-refractivity contribution in [3.63, 3.8) is 0 Å². The number of ether oxygens (including phenoxy) is 1. The van der Waals surface area contributed by atoms with Crippen LogP contribution < -0.4 is 9.64 Å². The second-order valence-corrected chi connectivity index (χ2v) is 8.77. The molecular formula is C21H28ClN2O2Pb. The van der Waals surface area contributed by atoms with Crippen molar-refractivity contribution >= 4 is 43.1 Å². The number of halogens is 1. The van der Waals surface area contributed by atoms with E-state index in [9.17, 15) is 5.11 Å². The zero-order chi connectivity index (χ0) is 19.7. The first-order valence-corrected chi connectivity index (χ1v) is 12.3. The molecule has 0 unspecified atom stereocenters. The number of hydrogen-bond donors (Lipinski definition) is 1. The summed E-state index contributed by atoms with van der Waals surface area (Å²) in [6.45, 7) is 7.95. The molecule has 0 aromatic heterocycles. The van der Waals surface area contributed by atoms with Gasteiger partial charge in [-0.3, -0.25) is 0 Å². The summed E-state index contributed by atoms with van der Waals surface area (Å²) in [4.78, 5) is 4.83. The number of hydrogen-bond acceptors (Lipinski definition) is 4. The van der Waals surface area contributed by atoms with Crippen molar-refractivity contribution < 1.29 is 9.84 Å². The first-order chi connectivity index (χ1) is 12.9. The van der Waals surface area contributed by atoms with E-state index in [1.165, 1.54) is 29.9 Å². The fourth-order valence-electron chi connectivity index (χ4n) is 2.63. The Balaban J connectivity index is 0.000000369. The maximum absolute atomic E-state index is 9.69. The third-order valence-electron chi connectivity index (χ3n) is 4.11. The Labute approximate surface area is 183 Å². The van der Waals surface area contributed by atoms with Gasteiger partial charge in [-0.1, -0.05) is 36.4 Å². The molecule has 0 spiro atoms. The van der Waals surface area contributed by atoms with E-state index in [2.05, 4.69) is 9.80 Å². The van der Waals surface area contributed by atoms with E-state index < -0.39 is 5.60 Å². The first kappa shape index (κ1) is 22.5. The smallest absolute Gasteiger partial charge is 0.0623 e. The molecule has 27 heavy (non-hydrogen) atoms. The topological polar surface area (TPSA) is 35.9 Å². The minimum absolute atomic E-state index is 0.252. The molecule has 0 amide bonds. The number of aliphatic hydroxyl groups is 1. The molecule has 1 fully saturated rings. The molecule has 4 nitrogen and oxygen atoms in total. The summed E-state index contributed by atoms with van der Waals surface area (Å²) in [5.74, 6) is 0.698. The molecule has 1 heterocycles. The van der Waals surface area contributed by atoms with Crippen LogP contribution >= 0.6 is 11.6 Å². The van der Waals surface area contributed by atoms with Gasteiger partial charge in [-0.05, 0) is 13.8 Å².